The molecule has 1 saturated carbocycles. The number of carboxylic acids is 1. The van der Waals surface area contributed by atoms with Crippen molar-refractivity contribution in [3.63, 3.8) is 0 Å². The molecule has 1 aromatic carbocycles. The van der Waals surface area contributed by atoms with Crippen molar-refractivity contribution >= 4 is 35.1 Å². The zero-order chi connectivity index (χ0) is 27.3. The van der Waals surface area contributed by atoms with Crippen molar-refractivity contribution in [3.05, 3.63) is 24.3 Å². The Labute approximate surface area is 220 Å². The minimum Gasteiger partial charge on any atom is -0.480 e. The van der Waals surface area contributed by atoms with E-state index in [1.807, 2.05) is 58.9 Å². The van der Waals surface area contributed by atoms with Crippen LogP contribution in [0.5, 0.6) is 0 Å². The molecule has 9 heteroatoms. The van der Waals surface area contributed by atoms with Crippen LogP contribution in [-0.4, -0.2) is 60.0 Å². The molecule has 0 spiro atoms. The quantitative estimate of drug-likeness (QED) is 0.483. The monoisotopic (exact) mass is 514 g/mol. The summed E-state index contributed by atoms with van der Waals surface area (Å²) in [7, 11) is 0. The minimum atomic E-state index is -1.12. The molecule has 3 amide bonds. The lowest BCUT2D eigenvalue weighted by Gasteiger charge is -2.37. The largest absolute Gasteiger partial charge is 0.480 e. The normalized spacial score (nSPS) is 19.7. The van der Waals surface area contributed by atoms with E-state index < -0.39 is 29.5 Å². The first-order chi connectivity index (χ1) is 17.4. The van der Waals surface area contributed by atoms with E-state index in [-0.39, 0.29) is 43.2 Å². The van der Waals surface area contributed by atoms with Gasteiger partial charge in [0.15, 0.2) is 5.78 Å². The van der Waals surface area contributed by atoms with Gasteiger partial charge in [-0.1, -0.05) is 66.0 Å². The number of carboxylic acid groups (broad SMARTS) is 1. The predicted molar refractivity (Wildman–Crippen MR) is 144 cm³/mol. The topological polar surface area (TPSA) is 119 Å². The number of carbonyl (C=O) groups excluding carboxylic acids is 3. The van der Waals surface area contributed by atoms with Crippen LogP contribution in [0.3, 0.4) is 0 Å². The van der Waals surface area contributed by atoms with E-state index in [9.17, 15) is 24.3 Å². The van der Waals surface area contributed by atoms with Crippen molar-refractivity contribution in [3.8, 4) is 0 Å². The van der Waals surface area contributed by atoms with Crippen molar-refractivity contribution in [2.75, 3.05) is 22.9 Å². The zero-order valence-electron chi connectivity index (χ0n) is 22.8. The van der Waals surface area contributed by atoms with Gasteiger partial charge < -0.3 is 25.5 Å². The summed E-state index contributed by atoms with van der Waals surface area (Å²) in [6, 6.07) is 5.09. The molecule has 0 radical (unpaired) electrons. The molecule has 0 unspecified atom stereocenters. The van der Waals surface area contributed by atoms with Crippen LogP contribution >= 0.6 is 0 Å². The number of fused-ring (bicyclic) bond motifs is 1. The van der Waals surface area contributed by atoms with E-state index in [1.54, 1.807) is 0 Å². The maximum Gasteiger partial charge on any atom is 0.326 e. The number of Topliss-reactive ketones (excluding diaryl/α,β-unsaturated/α-hetero) is 1. The lowest BCUT2D eigenvalue weighted by atomic mass is 9.90. The molecule has 1 heterocycles. The van der Waals surface area contributed by atoms with Crippen molar-refractivity contribution in [2.45, 2.75) is 91.3 Å². The molecule has 3 rings (SSSR count). The van der Waals surface area contributed by atoms with Gasteiger partial charge in [-0.25, -0.2) is 9.59 Å². The minimum absolute atomic E-state index is 0.0658. The van der Waals surface area contributed by atoms with E-state index in [4.69, 9.17) is 0 Å². The molecule has 1 aliphatic heterocycles. The number of para-hydroxylation sites is 2. The maximum absolute atomic E-state index is 13.9. The second-order valence-electron chi connectivity index (χ2n) is 11.7. The number of benzene rings is 1. The van der Waals surface area contributed by atoms with E-state index in [0.29, 0.717) is 5.69 Å². The highest BCUT2D eigenvalue weighted by Crippen LogP contribution is 2.37. The van der Waals surface area contributed by atoms with Gasteiger partial charge in [0.25, 0.3) is 5.91 Å². The second kappa shape index (κ2) is 12.0. The van der Waals surface area contributed by atoms with Crippen molar-refractivity contribution < 1.29 is 24.3 Å². The van der Waals surface area contributed by atoms with Gasteiger partial charge in [-0.05, 0) is 37.3 Å². The van der Waals surface area contributed by atoms with Gasteiger partial charge >= 0.3 is 12.0 Å². The van der Waals surface area contributed by atoms with Crippen molar-refractivity contribution in [1.29, 1.82) is 0 Å². The summed E-state index contributed by atoms with van der Waals surface area (Å²) in [6.45, 7) is 9.37. The van der Waals surface area contributed by atoms with Gasteiger partial charge in [0, 0.05) is 18.0 Å². The maximum atomic E-state index is 13.9. The van der Waals surface area contributed by atoms with Crippen LogP contribution in [0.2, 0.25) is 0 Å². The Morgan fingerprint density at radius 1 is 1.05 bits per heavy atom. The third kappa shape index (κ3) is 7.23. The lowest BCUT2D eigenvalue weighted by molar-refractivity contribution is -0.139. The van der Waals surface area contributed by atoms with Gasteiger partial charge in [0.05, 0.1) is 17.9 Å². The Morgan fingerprint density at radius 2 is 1.68 bits per heavy atom. The smallest absolute Gasteiger partial charge is 0.326 e. The highest BCUT2D eigenvalue weighted by atomic mass is 16.4. The third-order valence-electron chi connectivity index (χ3n) is 7.19. The molecule has 1 aliphatic carbocycles. The van der Waals surface area contributed by atoms with Crippen LogP contribution in [0.25, 0.3) is 0 Å². The van der Waals surface area contributed by atoms with Gasteiger partial charge in [0.1, 0.15) is 12.1 Å². The fraction of sp³-hybridized carbons (Fsp3) is 0.643. The van der Waals surface area contributed by atoms with E-state index in [2.05, 4.69) is 15.5 Å². The molecule has 0 aromatic heterocycles. The Morgan fingerprint density at radius 3 is 2.24 bits per heavy atom. The number of urea groups is 1. The van der Waals surface area contributed by atoms with E-state index in [1.165, 1.54) is 11.3 Å². The number of nitrogens with zero attached hydrogens (tertiary/aromatic N) is 2. The number of rotatable bonds is 8. The van der Waals surface area contributed by atoms with Gasteiger partial charge in [-0.2, -0.15) is 0 Å². The third-order valence-corrected chi connectivity index (χ3v) is 7.19. The number of anilines is 2. The van der Waals surface area contributed by atoms with Gasteiger partial charge in [0.2, 0.25) is 0 Å². The molecule has 0 bridgehead atoms. The molecular formula is C28H42N4O5. The number of carbonyl (C=O) groups is 4. The van der Waals surface area contributed by atoms with Crippen LogP contribution in [0.15, 0.2) is 24.3 Å². The average molecular weight is 515 g/mol. The Balaban J connectivity index is 1.95. The number of hydrogen-bond acceptors (Lipinski definition) is 5. The van der Waals surface area contributed by atoms with Crippen LogP contribution in [0.4, 0.5) is 16.2 Å². The number of aliphatic carboxylic acids is 1. The second-order valence-corrected chi connectivity index (χ2v) is 11.7. The molecule has 2 atom stereocenters. The van der Waals surface area contributed by atoms with E-state index >= 15 is 0 Å². The van der Waals surface area contributed by atoms with Crippen LogP contribution < -0.4 is 20.4 Å². The zero-order valence-corrected chi connectivity index (χ0v) is 22.8. The predicted octanol–water partition coefficient (Wildman–Crippen LogP) is 3.95. The molecule has 1 fully saturated rings. The Kier molecular flexibility index (Phi) is 9.21. The van der Waals surface area contributed by atoms with E-state index in [0.717, 1.165) is 31.4 Å². The Bertz CT molecular complexity index is 997. The van der Waals surface area contributed by atoms with Crippen LogP contribution in [-0.2, 0) is 14.4 Å². The Hall–Kier alpha value is -3.10. The van der Waals surface area contributed by atoms with Crippen molar-refractivity contribution in [1.82, 2.24) is 10.6 Å². The van der Waals surface area contributed by atoms with Crippen LogP contribution in [0, 0.1) is 11.3 Å². The standard InChI is InChI=1S/C28H42N4O5/c1-18(2)15-20(26(35)36)29-27(37)30-21-16-31(19-11-7-6-8-12-19)22-13-9-10-14-23(22)32(25(21)34)17-24(33)28(3,4)5/h9-10,13-14,18-21H,6-8,11-12,15-17H2,1-5H3,(H,35,36)(H2,29,30,37)/t20-,21+/m0/s1. The molecule has 204 valence electrons. The average Bonchev–Trinajstić information content (AvgIpc) is 2.94. The molecule has 37 heavy (non-hydrogen) atoms. The summed E-state index contributed by atoms with van der Waals surface area (Å²) in [5.41, 5.74) is 0.886. The number of hydrogen-bond donors (Lipinski definition) is 3. The first-order valence-electron chi connectivity index (χ1n) is 13.4. The molecule has 2 aliphatic rings. The summed E-state index contributed by atoms with van der Waals surface area (Å²) in [5, 5.41) is 14.8. The van der Waals surface area contributed by atoms with Gasteiger partial charge in [-0.15, -0.1) is 0 Å². The van der Waals surface area contributed by atoms with Gasteiger partial charge in [-0.3, -0.25) is 9.59 Å². The first kappa shape index (κ1) is 28.5. The molecule has 3 N–H and O–H groups in total. The first-order valence-corrected chi connectivity index (χ1v) is 13.4. The highest BCUT2D eigenvalue weighted by molar-refractivity contribution is 6.07. The SMILES string of the molecule is CC(C)C[C@H](NC(=O)N[C@@H]1CN(C2CCCCC2)c2ccccc2N(CC(=O)C(C)(C)C)C1=O)C(=O)O. The molecular weight excluding hydrogens is 472 g/mol. The summed E-state index contributed by atoms with van der Waals surface area (Å²) in [5.74, 6) is -1.53. The summed E-state index contributed by atoms with van der Waals surface area (Å²) in [4.78, 5) is 55.3. The van der Waals surface area contributed by atoms with Crippen molar-refractivity contribution in [2.24, 2.45) is 11.3 Å². The number of ketones is 1. The summed E-state index contributed by atoms with van der Waals surface area (Å²) in [6.07, 6.45) is 5.60. The lowest BCUT2D eigenvalue weighted by Crippen LogP contribution is -2.58. The highest BCUT2D eigenvalue weighted by Gasteiger charge is 2.39. The molecule has 9 nitrogen and oxygen atoms in total. The molecule has 0 saturated heterocycles. The number of amides is 3. The van der Waals surface area contributed by atoms with Crippen LogP contribution in [0.1, 0.15) is 73.1 Å². The fourth-order valence-electron chi connectivity index (χ4n) is 5.06. The summed E-state index contributed by atoms with van der Waals surface area (Å²) < 4.78 is 0. The fourth-order valence-corrected chi connectivity index (χ4v) is 5.06. The number of nitrogens with one attached hydrogen (secondary N) is 2. The molecule has 1 aromatic rings. The summed E-state index contributed by atoms with van der Waals surface area (Å²) >= 11 is 0.